The minimum Gasteiger partial charge on any atom is -0.496 e. The average molecular weight is 336 g/mol. The number of carbonyl (C=O) groups is 1. The molecule has 2 rings (SSSR count). The molecular weight excluding hydrogens is 318 g/mol. The number of benzene rings is 2. The second-order valence-electron chi connectivity index (χ2n) is 4.88. The highest BCUT2D eigenvalue weighted by atomic mass is 35.5. The molecule has 0 aliphatic carbocycles. The van der Waals surface area contributed by atoms with Crippen LogP contribution < -0.4 is 19.9 Å². The summed E-state index contributed by atoms with van der Waals surface area (Å²) in [6, 6.07) is 9.98. The van der Waals surface area contributed by atoms with E-state index in [2.05, 4.69) is 0 Å². The van der Waals surface area contributed by atoms with E-state index in [1.54, 1.807) is 43.3 Å². The number of hydrogen-bond acceptors (Lipinski definition) is 5. The van der Waals surface area contributed by atoms with Crippen LogP contribution in [0.15, 0.2) is 36.4 Å². The number of hydrogen-bond donors (Lipinski definition) is 1. The van der Waals surface area contributed by atoms with E-state index >= 15 is 0 Å². The van der Waals surface area contributed by atoms with Crippen molar-refractivity contribution in [3.05, 3.63) is 47.0 Å². The molecule has 1 atom stereocenters. The van der Waals surface area contributed by atoms with Gasteiger partial charge in [-0.1, -0.05) is 17.7 Å². The first-order valence-electron chi connectivity index (χ1n) is 6.94. The molecule has 2 aromatic rings. The van der Waals surface area contributed by atoms with Crippen molar-refractivity contribution in [1.82, 2.24) is 0 Å². The fourth-order valence-corrected chi connectivity index (χ4v) is 2.35. The highest BCUT2D eigenvalue weighted by Crippen LogP contribution is 2.33. The average Bonchev–Trinajstić information content (AvgIpc) is 2.53. The van der Waals surface area contributed by atoms with Crippen molar-refractivity contribution in [3.63, 3.8) is 0 Å². The number of ketones is 1. The Morgan fingerprint density at radius 2 is 1.83 bits per heavy atom. The quantitative estimate of drug-likeness (QED) is 0.645. The maximum Gasteiger partial charge on any atom is 0.206 e. The third-order valence-corrected chi connectivity index (χ3v) is 3.57. The van der Waals surface area contributed by atoms with Gasteiger partial charge in [0.2, 0.25) is 5.78 Å². The highest BCUT2D eigenvalue weighted by molar-refractivity contribution is 6.32. The number of halogens is 1. The Kier molecular flexibility index (Phi) is 5.34. The second-order valence-corrected chi connectivity index (χ2v) is 5.29. The number of ether oxygens (including phenoxy) is 3. The van der Waals surface area contributed by atoms with E-state index in [-0.39, 0.29) is 5.78 Å². The molecule has 6 heteroatoms. The van der Waals surface area contributed by atoms with Gasteiger partial charge in [-0.3, -0.25) is 4.79 Å². The molecule has 5 nitrogen and oxygen atoms in total. The van der Waals surface area contributed by atoms with Gasteiger partial charge in [-0.25, -0.2) is 0 Å². The summed E-state index contributed by atoms with van der Waals surface area (Å²) in [5.41, 5.74) is 6.61. The minimum absolute atomic E-state index is 0.251. The Morgan fingerprint density at radius 1 is 1.13 bits per heavy atom. The number of anilines is 1. The third-order valence-electron chi connectivity index (χ3n) is 3.28. The maximum absolute atomic E-state index is 12.7. The lowest BCUT2D eigenvalue weighted by atomic mass is 10.1. The van der Waals surface area contributed by atoms with Crippen LogP contribution in [0.4, 0.5) is 5.69 Å². The molecule has 0 aromatic heterocycles. The zero-order valence-electron chi connectivity index (χ0n) is 13.1. The number of carbonyl (C=O) groups excluding carboxylic acids is 1. The molecule has 0 radical (unpaired) electrons. The zero-order valence-corrected chi connectivity index (χ0v) is 13.9. The van der Waals surface area contributed by atoms with Crippen molar-refractivity contribution in [3.8, 4) is 17.2 Å². The van der Waals surface area contributed by atoms with E-state index in [0.29, 0.717) is 33.5 Å². The first kappa shape index (κ1) is 17.0. The number of rotatable bonds is 6. The van der Waals surface area contributed by atoms with Crippen LogP contribution in [0.25, 0.3) is 0 Å². The standard InChI is InChI=1S/C17H18ClNO4/c1-10(23-12-6-4-5-11(19)7-12)17(20)13-8-16(22-3)14(18)9-15(13)21-2/h4-10H,19H2,1-3H3. The van der Waals surface area contributed by atoms with Crippen LogP contribution in [0.5, 0.6) is 17.2 Å². The fraction of sp³-hybridized carbons (Fsp3) is 0.235. The topological polar surface area (TPSA) is 70.8 Å². The Balaban J connectivity index is 2.28. The first-order valence-corrected chi connectivity index (χ1v) is 7.32. The summed E-state index contributed by atoms with van der Waals surface area (Å²) in [6.45, 7) is 1.66. The molecule has 0 aliphatic rings. The van der Waals surface area contributed by atoms with Gasteiger partial charge in [0.25, 0.3) is 0 Å². The van der Waals surface area contributed by atoms with E-state index in [4.69, 9.17) is 31.5 Å². The molecule has 0 heterocycles. The molecule has 122 valence electrons. The Hall–Kier alpha value is -2.40. The molecule has 1 unspecified atom stereocenters. The van der Waals surface area contributed by atoms with Gasteiger partial charge < -0.3 is 19.9 Å². The predicted molar refractivity (Wildman–Crippen MR) is 89.8 cm³/mol. The van der Waals surface area contributed by atoms with Crippen LogP contribution in [0.3, 0.4) is 0 Å². The van der Waals surface area contributed by atoms with Crippen LogP contribution in [0.1, 0.15) is 17.3 Å². The van der Waals surface area contributed by atoms with Gasteiger partial charge in [0, 0.05) is 17.8 Å². The molecule has 23 heavy (non-hydrogen) atoms. The molecule has 0 aliphatic heterocycles. The molecule has 0 fully saturated rings. The van der Waals surface area contributed by atoms with Crippen LogP contribution >= 0.6 is 11.6 Å². The molecule has 0 amide bonds. The normalized spacial score (nSPS) is 11.7. The van der Waals surface area contributed by atoms with E-state index in [9.17, 15) is 4.79 Å². The van der Waals surface area contributed by atoms with Crippen LogP contribution in [0.2, 0.25) is 5.02 Å². The SMILES string of the molecule is COc1cc(C(=O)C(C)Oc2cccc(N)c2)c(OC)cc1Cl. The molecule has 0 spiro atoms. The van der Waals surface area contributed by atoms with Crippen molar-refractivity contribution in [2.45, 2.75) is 13.0 Å². The van der Waals surface area contributed by atoms with Gasteiger partial charge in [-0.15, -0.1) is 0 Å². The van der Waals surface area contributed by atoms with E-state index in [1.165, 1.54) is 14.2 Å². The molecular formula is C17H18ClNO4. The van der Waals surface area contributed by atoms with E-state index in [0.717, 1.165) is 0 Å². The molecule has 0 saturated heterocycles. The van der Waals surface area contributed by atoms with Gasteiger partial charge in [-0.05, 0) is 25.1 Å². The van der Waals surface area contributed by atoms with Crippen molar-refractivity contribution < 1.29 is 19.0 Å². The predicted octanol–water partition coefficient (Wildman–Crippen LogP) is 3.59. The van der Waals surface area contributed by atoms with E-state index < -0.39 is 6.10 Å². The lowest BCUT2D eigenvalue weighted by Crippen LogP contribution is -2.24. The molecule has 0 saturated carbocycles. The summed E-state index contributed by atoms with van der Waals surface area (Å²) < 4.78 is 16.0. The molecule has 2 aromatic carbocycles. The van der Waals surface area contributed by atoms with Crippen LogP contribution in [-0.2, 0) is 0 Å². The largest absolute Gasteiger partial charge is 0.496 e. The summed E-state index contributed by atoms with van der Waals surface area (Å²) in [7, 11) is 2.95. The monoisotopic (exact) mass is 335 g/mol. The number of methoxy groups -OCH3 is 2. The van der Waals surface area contributed by atoms with E-state index in [1.807, 2.05) is 0 Å². The summed E-state index contributed by atoms with van der Waals surface area (Å²) in [5.74, 6) is 1.03. The van der Waals surface area contributed by atoms with Crippen molar-refractivity contribution in [2.24, 2.45) is 0 Å². The zero-order chi connectivity index (χ0) is 17.0. The van der Waals surface area contributed by atoms with Gasteiger partial charge in [-0.2, -0.15) is 0 Å². The van der Waals surface area contributed by atoms with Gasteiger partial charge in [0.05, 0.1) is 24.8 Å². The molecule has 0 bridgehead atoms. The number of nitrogen functional groups attached to an aromatic ring is 1. The van der Waals surface area contributed by atoms with Crippen LogP contribution in [0, 0.1) is 0 Å². The van der Waals surface area contributed by atoms with Gasteiger partial charge >= 0.3 is 0 Å². The highest BCUT2D eigenvalue weighted by Gasteiger charge is 2.23. The van der Waals surface area contributed by atoms with Crippen molar-refractivity contribution >= 4 is 23.1 Å². The summed E-state index contributed by atoms with van der Waals surface area (Å²) in [6.07, 6.45) is -0.725. The van der Waals surface area contributed by atoms with Crippen molar-refractivity contribution in [1.29, 1.82) is 0 Å². The number of nitrogens with two attached hydrogens (primary N) is 1. The fourth-order valence-electron chi connectivity index (χ4n) is 2.12. The third kappa shape index (κ3) is 3.87. The lowest BCUT2D eigenvalue weighted by Gasteiger charge is -2.17. The Morgan fingerprint density at radius 3 is 2.43 bits per heavy atom. The van der Waals surface area contributed by atoms with Crippen LogP contribution in [-0.4, -0.2) is 26.1 Å². The minimum atomic E-state index is -0.725. The van der Waals surface area contributed by atoms with Gasteiger partial charge in [0.1, 0.15) is 17.2 Å². The summed E-state index contributed by atoms with van der Waals surface area (Å²) >= 11 is 6.05. The lowest BCUT2D eigenvalue weighted by molar-refractivity contribution is 0.0814. The Bertz CT molecular complexity index is 718. The number of Topliss-reactive ketones (excluding diaryl/α,β-unsaturated/α-hetero) is 1. The summed E-state index contributed by atoms with van der Waals surface area (Å²) in [4.78, 5) is 12.7. The van der Waals surface area contributed by atoms with Gasteiger partial charge in [0.15, 0.2) is 6.10 Å². The second kappa shape index (κ2) is 7.24. The maximum atomic E-state index is 12.7. The molecule has 2 N–H and O–H groups in total. The Labute approximate surface area is 139 Å². The smallest absolute Gasteiger partial charge is 0.206 e. The summed E-state index contributed by atoms with van der Waals surface area (Å²) in [5, 5.41) is 0.366. The first-order chi connectivity index (χ1) is 11.0. The van der Waals surface area contributed by atoms with Crippen molar-refractivity contribution in [2.75, 3.05) is 20.0 Å².